The molecule has 1 aromatic carbocycles. The van der Waals surface area contributed by atoms with Gasteiger partial charge in [-0.05, 0) is 44.5 Å². The van der Waals surface area contributed by atoms with Crippen LogP contribution in [0.4, 0.5) is 20.7 Å². The minimum atomic E-state index is -0.652. The average molecular weight is 407 g/mol. The van der Waals surface area contributed by atoms with E-state index in [0.29, 0.717) is 37.3 Å². The first-order valence-corrected chi connectivity index (χ1v) is 9.47. The van der Waals surface area contributed by atoms with E-state index >= 15 is 0 Å². The summed E-state index contributed by atoms with van der Waals surface area (Å²) in [6, 6.07) is 8.96. The zero-order valence-corrected chi connectivity index (χ0v) is 17.0. The fourth-order valence-corrected chi connectivity index (χ4v) is 3.16. The van der Waals surface area contributed by atoms with Gasteiger partial charge in [-0.15, -0.1) is 0 Å². The lowest BCUT2D eigenvalue weighted by Crippen LogP contribution is -2.50. The molecular formula is C20H24ClFN4O2. The van der Waals surface area contributed by atoms with Crippen molar-refractivity contribution in [3.8, 4) is 11.1 Å². The summed E-state index contributed by atoms with van der Waals surface area (Å²) in [6.07, 6.45) is -0.286. The highest BCUT2D eigenvalue weighted by Gasteiger charge is 2.26. The van der Waals surface area contributed by atoms with Gasteiger partial charge in [-0.1, -0.05) is 23.7 Å². The first-order valence-electron chi connectivity index (χ1n) is 9.09. The van der Waals surface area contributed by atoms with Crippen LogP contribution in [0, 0.1) is 5.95 Å². The highest BCUT2D eigenvalue weighted by molar-refractivity contribution is 6.33. The zero-order valence-electron chi connectivity index (χ0n) is 16.2. The second-order valence-corrected chi connectivity index (χ2v) is 8.10. The molecule has 1 aromatic heterocycles. The molecule has 0 spiro atoms. The number of piperazine rings is 1. The summed E-state index contributed by atoms with van der Waals surface area (Å²) in [4.78, 5) is 19.7. The van der Waals surface area contributed by atoms with Crippen LogP contribution in [0.25, 0.3) is 11.1 Å². The number of nitrogen functional groups attached to an aromatic ring is 1. The van der Waals surface area contributed by atoms with Gasteiger partial charge < -0.3 is 20.3 Å². The third-order valence-corrected chi connectivity index (χ3v) is 4.73. The van der Waals surface area contributed by atoms with Crippen molar-refractivity contribution >= 4 is 29.2 Å². The zero-order chi connectivity index (χ0) is 20.5. The van der Waals surface area contributed by atoms with Crippen LogP contribution in [0.3, 0.4) is 0 Å². The monoisotopic (exact) mass is 406 g/mol. The molecule has 6 nitrogen and oxygen atoms in total. The van der Waals surface area contributed by atoms with E-state index in [1.54, 1.807) is 4.90 Å². The fraction of sp³-hybridized carbons (Fsp3) is 0.400. The van der Waals surface area contributed by atoms with Gasteiger partial charge in [0.2, 0.25) is 5.95 Å². The van der Waals surface area contributed by atoms with Crippen molar-refractivity contribution in [2.75, 3.05) is 36.8 Å². The smallest absolute Gasteiger partial charge is 0.410 e. The Morgan fingerprint density at radius 3 is 2.36 bits per heavy atom. The average Bonchev–Trinajstić information content (AvgIpc) is 2.64. The summed E-state index contributed by atoms with van der Waals surface area (Å²) < 4.78 is 19.5. The molecular weight excluding hydrogens is 383 g/mol. The standard InChI is InChI=1S/C20H24ClFN4O2/c1-20(2,3)28-19(27)26-10-8-25(9-11-26)14-6-4-13(5-7-14)15-12-16(21)18(23)24-17(15)22/h4-7,12H,8-11H2,1-3H3,(H2,23,24). The number of anilines is 2. The number of aromatic nitrogens is 1. The van der Waals surface area contributed by atoms with Crippen LogP contribution in [-0.4, -0.2) is 47.8 Å². The Labute approximate surface area is 169 Å². The summed E-state index contributed by atoms with van der Waals surface area (Å²) >= 11 is 5.96. The van der Waals surface area contributed by atoms with Gasteiger partial charge in [-0.3, -0.25) is 0 Å². The number of hydrogen-bond acceptors (Lipinski definition) is 5. The van der Waals surface area contributed by atoms with Gasteiger partial charge in [-0.25, -0.2) is 9.78 Å². The fourth-order valence-electron chi connectivity index (χ4n) is 3.01. The lowest BCUT2D eigenvalue weighted by Gasteiger charge is -2.36. The normalized spacial score (nSPS) is 14.9. The molecule has 28 heavy (non-hydrogen) atoms. The van der Waals surface area contributed by atoms with Gasteiger partial charge in [0, 0.05) is 37.4 Å². The molecule has 0 bridgehead atoms. The van der Waals surface area contributed by atoms with Crippen LogP contribution < -0.4 is 10.6 Å². The third-order valence-electron chi connectivity index (χ3n) is 4.43. The number of nitrogens with zero attached hydrogens (tertiary/aromatic N) is 3. The number of amides is 1. The Morgan fingerprint density at radius 1 is 1.18 bits per heavy atom. The second kappa shape index (κ2) is 7.83. The van der Waals surface area contributed by atoms with Crippen LogP contribution >= 0.6 is 11.6 Å². The number of ether oxygens (including phenoxy) is 1. The van der Waals surface area contributed by atoms with E-state index < -0.39 is 11.5 Å². The minimum absolute atomic E-state index is 0.0256. The Bertz CT molecular complexity index is 860. The summed E-state index contributed by atoms with van der Waals surface area (Å²) in [5.74, 6) is -0.678. The van der Waals surface area contributed by atoms with E-state index in [2.05, 4.69) is 9.88 Å². The van der Waals surface area contributed by atoms with Crippen molar-refractivity contribution < 1.29 is 13.9 Å². The summed E-state index contributed by atoms with van der Waals surface area (Å²) in [5.41, 5.74) is 7.01. The van der Waals surface area contributed by atoms with Crippen molar-refractivity contribution in [1.82, 2.24) is 9.88 Å². The largest absolute Gasteiger partial charge is 0.444 e. The maximum absolute atomic E-state index is 14.1. The quantitative estimate of drug-likeness (QED) is 0.757. The molecule has 8 heteroatoms. The maximum Gasteiger partial charge on any atom is 0.410 e. The number of carbonyl (C=O) groups excluding carboxylic acids is 1. The Kier molecular flexibility index (Phi) is 5.65. The van der Waals surface area contributed by atoms with E-state index in [4.69, 9.17) is 22.1 Å². The van der Waals surface area contributed by atoms with Crippen molar-refractivity contribution in [3.05, 3.63) is 41.3 Å². The van der Waals surface area contributed by atoms with Gasteiger partial charge in [0.1, 0.15) is 11.4 Å². The molecule has 0 saturated carbocycles. The number of halogens is 2. The van der Waals surface area contributed by atoms with Crippen LogP contribution in [0.5, 0.6) is 0 Å². The molecule has 2 N–H and O–H groups in total. The molecule has 0 radical (unpaired) electrons. The maximum atomic E-state index is 14.1. The van der Waals surface area contributed by atoms with Gasteiger partial charge in [0.05, 0.1) is 5.02 Å². The molecule has 0 unspecified atom stereocenters. The van der Waals surface area contributed by atoms with Crippen molar-refractivity contribution in [2.24, 2.45) is 0 Å². The summed E-state index contributed by atoms with van der Waals surface area (Å²) in [7, 11) is 0. The molecule has 3 rings (SSSR count). The Balaban J connectivity index is 1.66. The molecule has 0 atom stereocenters. The molecule has 2 aromatic rings. The van der Waals surface area contributed by atoms with Crippen molar-refractivity contribution in [3.63, 3.8) is 0 Å². The Hall–Kier alpha value is -2.54. The van der Waals surface area contributed by atoms with Crippen molar-refractivity contribution in [2.45, 2.75) is 26.4 Å². The third kappa shape index (κ3) is 4.65. The van der Waals surface area contributed by atoms with Gasteiger partial charge in [0.15, 0.2) is 0 Å². The molecule has 0 aliphatic carbocycles. The molecule has 1 saturated heterocycles. The first-order chi connectivity index (χ1) is 13.1. The van der Waals surface area contributed by atoms with E-state index in [0.717, 1.165) is 5.69 Å². The molecule has 1 fully saturated rings. The molecule has 1 amide bonds. The number of hydrogen-bond donors (Lipinski definition) is 1. The number of rotatable bonds is 2. The van der Waals surface area contributed by atoms with Crippen LogP contribution in [0.15, 0.2) is 30.3 Å². The minimum Gasteiger partial charge on any atom is -0.444 e. The van der Waals surface area contributed by atoms with Gasteiger partial charge >= 0.3 is 6.09 Å². The highest BCUT2D eigenvalue weighted by Crippen LogP contribution is 2.29. The van der Waals surface area contributed by atoms with Gasteiger partial charge in [-0.2, -0.15) is 4.39 Å². The number of nitrogens with two attached hydrogens (primary N) is 1. The molecule has 1 aliphatic rings. The summed E-state index contributed by atoms with van der Waals surface area (Å²) in [5, 5.41) is 0.221. The Morgan fingerprint density at radius 2 is 1.79 bits per heavy atom. The number of benzene rings is 1. The van der Waals surface area contributed by atoms with E-state index in [9.17, 15) is 9.18 Å². The first kappa shape index (κ1) is 20.2. The summed E-state index contributed by atoms with van der Waals surface area (Å²) in [6.45, 7) is 8.13. The molecule has 1 aliphatic heterocycles. The van der Waals surface area contributed by atoms with Crippen LogP contribution in [0.1, 0.15) is 20.8 Å². The molecule has 2 heterocycles. The van der Waals surface area contributed by atoms with Crippen molar-refractivity contribution in [1.29, 1.82) is 0 Å². The van der Waals surface area contributed by atoms with E-state index in [-0.39, 0.29) is 16.9 Å². The van der Waals surface area contributed by atoms with Crippen LogP contribution in [-0.2, 0) is 4.74 Å². The number of carbonyl (C=O) groups is 1. The lowest BCUT2D eigenvalue weighted by molar-refractivity contribution is 0.0240. The predicted octanol–water partition coefficient (Wildman–Crippen LogP) is 4.18. The van der Waals surface area contributed by atoms with Crippen LogP contribution in [0.2, 0.25) is 5.02 Å². The lowest BCUT2D eigenvalue weighted by atomic mass is 10.1. The van der Waals surface area contributed by atoms with E-state index in [1.807, 2.05) is 45.0 Å². The number of pyridine rings is 1. The molecule has 150 valence electrons. The topological polar surface area (TPSA) is 71.7 Å². The van der Waals surface area contributed by atoms with Gasteiger partial charge in [0.25, 0.3) is 0 Å². The SMILES string of the molecule is CC(C)(C)OC(=O)N1CCN(c2ccc(-c3cc(Cl)c(N)nc3F)cc2)CC1. The predicted molar refractivity (Wildman–Crippen MR) is 109 cm³/mol. The van der Waals surface area contributed by atoms with E-state index in [1.165, 1.54) is 6.07 Å². The highest BCUT2D eigenvalue weighted by atomic mass is 35.5. The second-order valence-electron chi connectivity index (χ2n) is 7.70.